The Morgan fingerprint density at radius 2 is 2.00 bits per heavy atom. The Morgan fingerprint density at radius 3 is 2.68 bits per heavy atom. The molecule has 9 heteroatoms. The summed E-state index contributed by atoms with van der Waals surface area (Å²) < 4.78 is 7.70. The molecule has 0 saturated heterocycles. The highest BCUT2D eigenvalue weighted by Gasteiger charge is 2.31. The molecule has 2 atom stereocenters. The van der Waals surface area contributed by atoms with Crippen molar-refractivity contribution in [1.82, 2.24) is 19.6 Å². The van der Waals surface area contributed by atoms with E-state index in [-0.39, 0.29) is 5.60 Å². The summed E-state index contributed by atoms with van der Waals surface area (Å²) >= 11 is 1.67. The van der Waals surface area contributed by atoms with Gasteiger partial charge in [0.25, 0.3) is 0 Å². The second kappa shape index (κ2) is 7.31. The van der Waals surface area contributed by atoms with Crippen LogP contribution in [0.4, 0.5) is 0 Å². The van der Waals surface area contributed by atoms with Crippen LogP contribution in [-0.2, 0) is 24.3 Å². The topological polar surface area (TPSA) is 97.2 Å². The average Bonchev–Trinajstić information content (AvgIpc) is 3.12. The van der Waals surface area contributed by atoms with Gasteiger partial charge in [-0.3, -0.25) is 0 Å². The molecule has 3 aromatic heterocycles. The van der Waals surface area contributed by atoms with Gasteiger partial charge < -0.3 is 19.8 Å². The first-order valence-electron chi connectivity index (χ1n) is 9.70. The Balaban J connectivity index is 1.72. The molecule has 0 saturated carbocycles. The molecule has 0 radical (unpaired) electrons. The Hall–Kier alpha value is -1.65. The average molecular weight is 407 g/mol. The summed E-state index contributed by atoms with van der Waals surface area (Å²) in [5.74, 6) is 0.692. The van der Waals surface area contributed by atoms with Crippen molar-refractivity contribution in [1.29, 1.82) is 0 Å². The first kappa shape index (κ1) is 19.7. The number of quaternary nitrogens is 1. The van der Waals surface area contributed by atoms with E-state index in [0.29, 0.717) is 32.1 Å². The summed E-state index contributed by atoms with van der Waals surface area (Å²) in [5, 5.41) is 25.2. The Labute approximate surface area is 167 Å². The number of nitrogens with one attached hydrogen (secondary N) is 1. The van der Waals surface area contributed by atoms with Gasteiger partial charge in [0.05, 0.1) is 17.6 Å². The summed E-state index contributed by atoms with van der Waals surface area (Å²) in [4.78, 5) is 12.6. The number of hydrogen-bond donors (Lipinski definition) is 3. The normalized spacial score (nSPS) is 18.7. The highest BCUT2D eigenvalue weighted by atomic mass is 32.1. The van der Waals surface area contributed by atoms with Crippen LogP contribution >= 0.6 is 11.3 Å². The molecule has 1 aliphatic heterocycles. The van der Waals surface area contributed by atoms with E-state index in [1.165, 1.54) is 10.4 Å². The van der Waals surface area contributed by atoms with Gasteiger partial charge in [-0.25, -0.2) is 14.5 Å². The summed E-state index contributed by atoms with van der Waals surface area (Å²) in [6.07, 6.45) is 1.63. The molecule has 3 aromatic rings. The monoisotopic (exact) mass is 406 g/mol. The van der Waals surface area contributed by atoms with Gasteiger partial charge in [-0.2, -0.15) is 0 Å². The van der Waals surface area contributed by atoms with E-state index in [9.17, 15) is 10.2 Å². The van der Waals surface area contributed by atoms with Gasteiger partial charge in [0, 0.05) is 11.3 Å². The lowest BCUT2D eigenvalue weighted by Crippen LogP contribution is -3.12. The zero-order chi connectivity index (χ0) is 20.1. The van der Waals surface area contributed by atoms with Crippen molar-refractivity contribution in [2.75, 3.05) is 13.1 Å². The van der Waals surface area contributed by atoms with Crippen molar-refractivity contribution >= 4 is 27.2 Å². The molecule has 4 heterocycles. The van der Waals surface area contributed by atoms with Gasteiger partial charge in [-0.15, -0.1) is 16.4 Å². The van der Waals surface area contributed by atoms with Crippen LogP contribution in [0, 0.1) is 0 Å². The quantitative estimate of drug-likeness (QED) is 0.546. The number of rotatable bonds is 6. The van der Waals surface area contributed by atoms with E-state index in [1.54, 1.807) is 36.0 Å². The number of fused-ring (bicyclic) bond motifs is 5. The number of thiophene rings is 1. The lowest BCUT2D eigenvalue weighted by atomic mass is 9.94. The number of hydrogen-bond acceptors (Lipinski definition) is 7. The van der Waals surface area contributed by atoms with E-state index in [1.807, 2.05) is 0 Å². The maximum atomic E-state index is 9.78. The van der Waals surface area contributed by atoms with E-state index < -0.39 is 12.2 Å². The lowest BCUT2D eigenvalue weighted by Gasteiger charge is -2.30. The van der Waals surface area contributed by atoms with Crippen LogP contribution in [0.1, 0.15) is 44.0 Å². The van der Waals surface area contributed by atoms with Crippen molar-refractivity contribution in [3.05, 3.63) is 22.6 Å². The van der Waals surface area contributed by atoms with Crippen molar-refractivity contribution in [3.63, 3.8) is 0 Å². The van der Waals surface area contributed by atoms with Gasteiger partial charge in [0.15, 0.2) is 5.65 Å². The van der Waals surface area contributed by atoms with Crippen LogP contribution in [0.5, 0.6) is 0 Å². The smallest absolute Gasteiger partial charge is 0.206 e. The minimum Gasteiger partial charge on any atom is -0.388 e. The number of ether oxygens (including phenoxy) is 1. The molecule has 0 aliphatic carbocycles. The predicted molar refractivity (Wildman–Crippen MR) is 106 cm³/mol. The Bertz CT molecular complexity index is 984. The molecule has 4 rings (SSSR count). The molecule has 0 unspecified atom stereocenters. The molecule has 1 aliphatic rings. The third-order valence-electron chi connectivity index (χ3n) is 5.03. The summed E-state index contributed by atoms with van der Waals surface area (Å²) in [7, 11) is 0. The third-order valence-corrected chi connectivity index (χ3v) is 6.14. The Kier molecular flexibility index (Phi) is 5.13. The minimum absolute atomic E-state index is 0.202. The zero-order valence-corrected chi connectivity index (χ0v) is 17.6. The van der Waals surface area contributed by atoms with Crippen molar-refractivity contribution in [2.45, 2.75) is 65.1 Å². The molecule has 0 amide bonds. The Morgan fingerprint density at radius 1 is 1.29 bits per heavy atom. The molecule has 0 spiro atoms. The van der Waals surface area contributed by atoms with Gasteiger partial charge in [0.1, 0.15) is 43.0 Å². The predicted octanol–water partition coefficient (Wildman–Crippen LogP) is 0.337. The number of aliphatic hydroxyl groups is 2. The van der Waals surface area contributed by atoms with E-state index in [0.717, 1.165) is 27.2 Å². The van der Waals surface area contributed by atoms with E-state index >= 15 is 0 Å². The summed E-state index contributed by atoms with van der Waals surface area (Å²) in [5.41, 5.74) is 1.89. The molecule has 152 valence electrons. The minimum atomic E-state index is -0.453. The highest BCUT2D eigenvalue weighted by molar-refractivity contribution is 7.19. The van der Waals surface area contributed by atoms with Crippen molar-refractivity contribution in [2.24, 2.45) is 0 Å². The molecule has 0 fully saturated rings. The maximum Gasteiger partial charge on any atom is 0.206 e. The van der Waals surface area contributed by atoms with Crippen LogP contribution in [-0.4, -0.2) is 60.7 Å². The number of aromatic nitrogens is 4. The van der Waals surface area contributed by atoms with Gasteiger partial charge in [-0.1, -0.05) is 0 Å². The largest absolute Gasteiger partial charge is 0.388 e. The highest BCUT2D eigenvalue weighted by Crippen LogP contribution is 2.39. The molecular weight excluding hydrogens is 378 g/mol. The maximum absolute atomic E-state index is 9.78. The van der Waals surface area contributed by atoms with Crippen LogP contribution in [0.2, 0.25) is 0 Å². The van der Waals surface area contributed by atoms with Crippen LogP contribution < -0.4 is 4.90 Å². The van der Waals surface area contributed by atoms with E-state index in [2.05, 4.69) is 23.9 Å². The van der Waals surface area contributed by atoms with Crippen LogP contribution in [0.25, 0.3) is 15.9 Å². The van der Waals surface area contributed by atoms with Crippen LogP contribution in [0.3, 0.4) is 0 Å². The molecule has 3 N–H and O–H groups in total. The molecule has 8 nitrogen and oxygen atoms in total. The van der Waals surface area contributed by atoms with Crippen molar-refractivity contribution < 1.29 is 19.8 Å². The SMILES string of the molecule is C[C@@H](O)C[NH+](Cc1nc2c3c4c(sc3ncn2n1)COC(C)(C)C4)C[C@@H](C)O. The summed E-state index contributed by atoms with van der Waals surface area (Å²) in [6.45, 7) is 9.95. The molecule has 0 aromatic carbocycles. The second-order valence-electron chi connectivity index (χ2n) is 8.48. The second-order valence-corrected chi connectivity index (χ2v) is 9.57. The molecular formula is C19H28N5O3S+. The number of aliphatic hydroxyl groups excluding tert-OH is 2. The van der Waals surface area contributed by atoms with Gasteiger partial charge in [0.2, 0.25) is 5.82 Å². The van der Waals surface area contributed by atoms with Gasteiger partial charge >= 0.3 is 0 Å². The molecule has 28 heavy (non-hydrogen) atoms. The standard InChI is InChI=1S/C19H27N5O3S/c1-11(25)6-23(7-12(2)26)8-15-21-17-16-13-5-19(3,4)27-9-14(13)28-18(16)20-10-24(17)22-15/h10-12,25-26H,5-9H2,1-4H3/p+1/t11-,12-/m1/s1. The first-order valence-corrected chi connectivity index (χ1v) is 10.5. The molecule has 0 bridgehead atoms. The van der Waals surface area contributed by atoms with Gasteiger partial charge in [-0.05, 0) is 33.3 Å². The fourth-order valence-corrected chi connectivity index (χ4v) is 5.01. The fraction of sp³-hybridized carbons (Fsp3) is 0.632. The zero-order valence-electron chi connectivity index (χ0n) is 16.8. The lowest BCUT2D eigenvalue weighted by molar-refractivity contribution is -0.920. The van der Waals surface area contributed by atoms with Crippen LogP contribution in [0.15, 0.2) is 6.33 Å². The first-order chi connectivity index (χ1) is 13.2. The fourth-order valence-electron chi connectivity index (χ4n) is 3.95. The summed E-state index contributed by atoms with van der Waals surface area (Å²) in [6, 6.07) is 0. The third kappa shape index (κ3) is 3.90. The van der Waals surface area contributed by atoms with Crippen molar-refractivity contribution in [3.8, 4) is 0 Å². The number of nitrogens with zero attached hydrogens (tertiary/aromatic N) is 4. The van der Waals surface area contributed by atoms with E-state index in [4.69, 9.17) is 9.72 Å².